The summed E-state index contributed by atoms with van der Waals surface area (Å²) in [5, 5.41) is 5.85. The Balaban J connectivity index is 1.76. The lowest BCUT2D eigenvalue weighted by Crippen LogP contribution is -2.34. The van der Waals surface area contributed by atoms with Crippen LogP contribution in [-0.4, -0.2) is 29.2 Å². The van der Waals surface area contributed by atoms with Gasteiger partial charge in [-0.15, -0.1) is 0 Å². The highest BCUT2D eigenvalue weighted by atomic mass is 16.5. The summed E-state index contributed by atoms with van der Waals surface area (Å²) in [4.78, 5) is 4.31. The summed E-state index contributed by atoms with van der Waals surface area (Å²) in [6, 6.07) is 14.9. The van der Waals surface area contributed by atoms with Gasteiger partial charge in [0.2, 0.25) is 0 Å². The van der Waals surface area contributed by atoms with Gasteiger partial charge in [0, 0.05) is 18.8 Å². The van der Waals surface area contributed by atoms with Gasteiger partial charge in [0.1, 0.15) is 6.10 Å². The number of imidazole rings is 1. The molecule has 2 heterocycles. The minimum Gasteiger partial charge on any atom is -0.369 e. The molecule has 4 rings (SSSR count). The molecule has 0 amide bonds. The van der Waals surface area contributed by atoms with Gasteiger partial charge in [-0.1, -0.05) is 30.3 Å². The van der Waals surface area contributed by atoms with Crippen molar-refractivity contribution >= 4 is 10.8 Å². The van der Waals surface area contributed by atoms with Crippen LogP contribution in [0.5, 0.6) is 0 Å². The second-order valence-corrected chi connectivity index (χ2v) is 5.28. The number of hydrogen-bond acceptors (Lipinski definition) is 3. The second kappa shape index (κ2) is 5.31. The number of ether oxygens (including phenoxy) is 1. The third kappa shape index (κ3) is 2.33. The van der Waals surface area contributed by atoms with Crippen LogP contribution in [0.1, 0.15) is 11.8 Å². The Morgan fingerprint density at radius 3 is 2.90 bits per heavy atom. The summed E-state index contributed by atoms with van der Waals surface area (Å²) in [5.74, 6) is 0. The standard InChI is InChI=1S/C17H17N3O/c1-2-4-14-9-15(6-5-13(14)3-1)20-12-19-10-16(20)17-11-18-7-8-21-17/h1-6,9-10,12,17-18H,7-8,11H2. The average molecular weight is 279 g/mol. The van der Waals surface area contributed by atoms with Gasteiger partial charge < -0.3 is 14.6 Å². The van der Waals surface area contributed by atoms with Crippen molar-refractivity contribution in [3.8, 4) is 5.69 Å². The predicted octanol–water partition coefficient (Wildman–Crippen LogP) is 2.69. The summed E-state index contributed by atoms with van der Waals surface area (Å²) in [7, 11) is 0. The van der Waals surface area contributed by atoms with Crippen LogP contribution in [0.15, 0.2) is 55.0 Å². The van der Waals surface area contributed by atoms with Crippen LogP contribution in [-0.2, 0) is 4.74 Å². The average Bonchev–Trinajstić information content (AvgIpc) is 3.05. The topological polar surface area (TPSA) is 39.1 Å². The molecule has 0 bridgehead atoms. The number of morpholine rings is 1. The number of nitrogens with zero attached hydrogens (tertiary/aromatic N) is 2. The van der Waals surface area contributed by atoms with E-state index in [1.165, 1.54) is 10.8 Å². The first-order valence-electron chi connectivity index (χ1n) is 7.25. The Bertz CT molecular complexity index is 759. The van der Waals surface area contributed by atoms with Gasteiger partial charge in [-0.25, -0.2) is 4.98 Å². The molecule has 1 saturated heterocycles. The molecule has 0 saturated carbocycles. The summed E-state index contributed by atoms with van der Waals surface area (Å²) in [5.41, 5.74) is 2.22. The fourth-order valence-corrected chi connectivity index (χ4v) is 2.84. The zero-order chi connectivity index (χ0) is 14.1. The summed E-state index contributed by atoms with van der Waals surface area (Å²) < 4.78 is 7.96. The van der Waals surface area contributed by atoms with Crippen LogP contribution in [0.25, 0.3) is 16.5 Å². The first kappa shape index (κ1) is 12.6. The first-order chi connectivity index (χ1) is 10.4. The van der Waals surface area contributed by atoms with Crippen LogP contribution in [0.4, 0.5) is 0 Å². The molecule has 2 aromatic carbocycles. The number of nitrogens with one attached hydrogen (secondary N) is 1. The lowest BCUT2D eigenvalue weighted by Gasteiger charge is -2.24. The number of fused-ring (bicyclic) bond motifs is 1. The van der Waals surface area contributed by atoms with Crippen molar-refractivity contribution in [2.45, 2.75) is 6.10 Å². The van der Waals surface area contributed by atoms with Crippen molar-refractivity contribution in [3.05, 3.63) is 60.7 Å². The number of hydrogen-bond donors (Lipinski definition) is 1. The number of rotatable bonds is 2. The molecule has 4 heteroatoms. The van der Waals surface area contributed by atoms with E-state index in [4.69, 9.17) is 4.74 Å². The maximum absolute atomic E-state index is 5.85. The van der Waals surface area contributed by atoms with Crippen molar-refractivity contribution in [2.24, 2.45) is 0 Å². The van der Waals surface area contributed by atoms with Crippen molar-refractivity contribution in [1.82, 2.24) is 14.9 Å². The van der Waals surface area contributed by atoms with E-state index in [-0.39, 0.29) is 6.10 Å². The lowest BCUT2D eigenvalue weighted by atomic mass is 10.1. The normalized spacial score (nSPS) is 19.0. The van der Waals surface area contributed by atoms with Crippen molar-refractivity contribution in [1.29, 1.82) is 0 Å². The Morgan fingerprint density at radius 1 is 1.14 bits per heavy atom. The summed E-state index contributed by atoms with van der Waals surface area (Å²) >= 11 is 0. The monoisotopic (exact) mass is 279 g/mol. The third-order valence-corrected chi connectivity index (χ3v) is 3.94. The minimum atomic E-state index is 0.0627. The molecular formula is C17H17N3O. The SMILES string of the molecule is c1ccc2cc(-n3cncc3C3CNCCO3)ccc2c1. The third-order valence-electron chi connectivity index (χ3n) is 3.94. The van der Waals surface area contributed by atoms with Crippen LogP contribution in [0.3, 0.4) is 0 Å². The van der Waals surface area contributed by atoms with Gasteiger partial charge in [0.25, 0.3) is 0 Å². The zero-order valence-corrected chi connectivity index (χ0v) is 11.7. The van der Waals surface area contributed by atoms with Crippen molar-refractivity contribution in [3.63, 3.8) is 0 Å². The Labute approximate surface area is 123 Å². The second-order valence-electron chi connectivity index (χ2n) is 5.28. The molecule has 106 valence electrons. The molecule has 1 aliphatic heterocycles. The maximum Gasteiger partial charge on any atom is 0.112 e. The zero-order valence-electron chi connectivity index (χ0n) is 11.7. The highest BCUT2D eigenvalue weighted by Crippen LogP contribution is 2.24. The van der Waals surface area contributed by atoms with E-state index < -0.39 is 0 Å². The smallest absolute Gasteiger partial charge is 0.112 e. The van der Waals surface area contributed by atoms with Crippen LogP contribution in [0.2, 0.25) is 0 Å². The molecule has 0 radical (unpaired) electrons. The van der Waals surface area contributed by atoms with Gasteiger partial charge in [-0.05, 0) is 22.9 Å². The fourth-order valence-electron chi connectivity index (χ4n) is 2.84. The van der Waals surface area contributed by atoms with Crippen molar-refractivity contribution < 1.29 is 4.74 Å². The van der Waals surface area contributed by atoms with Gasteiger partial charge in [0.05, 0.1) is 24.8 Å². The quantitative estimate of drug-likeness (QED) is 0.784. The van der Waals surface area contributed by atoms with E-state index in [2.05, 4.69) is 57.3 Å². The fraction of sp³-hybridized carbons (Fsp3) is 0.235. The molecular weight excluding hydrogens is 262 g/mol. The molecule has 1 aromatic heterocycles. The number of aromatic nitrogens is 2. The lowest BCUT2D eigenvalue weighted by molar-refractivity contribution is 0.0240. The van der Waals surface area contributed by atoms with Gasteiger partial charge in [-0.2, -0.15) is 0 Å². The maximum atomic E-state index is 5.85. The Morgan fingerprint density at radius 2 is 2.05 bits per heavy atom. The molecule has 1 fully saturated rings. The van der Waals surface area contributed by atoms with E-state index in [1.54, 1.807) is 0 Å². The van der Waals surface area contributed by atoms with E-state index in [0.29, 0.717) is 0 Å². The molecule has 1 N–H and O–H groups in total. The molecule has 1 unspecified atom stereocenters. The molecule has 4 nitrogen and oxygen atoms in total. The van der Waals surface area contributed by atoms with Gasteiger partial charge in [0.15, 0.2) is 0 Å². The van der Waals surface area contributed by atoms with E-state index in [0.717, 1.165) is 31.1 Å². The van der Waals surface area contributed by atoms with Gasteiger partial charge in [-0.3, -0.25) is 0 Å². The predicted molar refractivity (Wildman–Crippen MR) is 82.6 cm³/mol. The molecule has 1 atom stereocenters. The van der Waals surface area contributed by atoms with Gasteiger partial charge >= 0.3 is 0 Å². The molecule has 0 spiro atoms. The van der Waals surface area contributed by atoms with E-state index in [1.807, 2.05) is 12.5 Å². The summed E-state index contributed by atoms with van der Waals surface area (Å²) in [6.07, 6.45) is 3.82. The first-order valence-corrected chi connectivity index (χ1v) is 7.25. The van der Waals surface area contributed by atoms with Crippen LogP contribution < -0.4 is 5.32 Å². The highest BCUT2D eigenvalue weighted by molar-refractivity contribution is 5.84. The summed E-state index contributed by atoms with van der Waals surface area (Å²) in [6.45, 7) is 2.49. The molecule has 21 heavy (non-hydrogen) atoms. The number of benzene rings is 2. The molecule has 1 aliphatic rings. The van der Waals surface area contributed by atoms with Crippen LogP contribution in [0, 0.1) is 0 Å². The van der Waals surface area contributed by atoms with Crippen molar-refractivity contribution in [2.75, 3.05) is 19.7 Å². The molecule has 3 aromatic rings. The Kier molecular flexibility index (Phi) is 3.18. The molecule has 0 aliphatic carbocycles. The van der Waals surface area contributed by atoms with E-state index >= 15 is 0 Å². The largest absolute Gasteiger partial charge is 0.369 e. The highest BCUT2D eigenvalue weighted by Gasteiger charge is 2.20. The Hall–Kier alpha value is -2.17. The van der Waals surface area contributed by atoms with Crippen LogP contribution >= 0.6 is 0 Å². The van der Waals surface area contributed by atoms with E-state index in [9.17, 15) is 0 Å². The minimum absolute atomic E-state index is 0.0627.